The molecule has 4 aromatic rings. The minimum atomic E-state index is 0.426. The fraction of sp³-hybridized carbons (Fsp3) is 0.250. The van der Waals surface area contributed by atoms with Crippen LogP contribution in [0.4, 0.5) is 5.95 Å². The Morgan fingerprint density at radius 2 is 2.07 bits per heavy atom. The molecule has 5 rings (SSSR count). The molecule has 29 heavy (non-hydrogen) atoms. The largest absolute Gasteiger partial charge is 0.414 e. The van der Waals surface area contributed by atoms with Gasteiger partial charge in [0.05, 0.1) is 18.8 Å². The maximum absolute atomic E-state index is 6.07. The second kappa shape index (κ2) is 7.29. The lowest BCUT2D eigenvalue weighted by Gasteiger charge is -2.14. The average molecular weight is 409 g/mol. The Bertz CT molecular complexity index is 1140. The van der Waals surface area contributed by atoms with Crippen LogP contribution in [0, 0.1) is 0 Å². The van der Waals surface area contributed by atoms with Gasteiger partial charge in [-0.2, -0.15) is 14.3 Å². The molecule has 0 unspecified atom stereocenters. The molecule has 0 aliphatic heterocycles. The van der Waals surface area contributed by atoms with Gasteiger partial charge in [-0.15, -0.1) is 0 Å². The van der Waals surface area contributed by atoms with E-state index in [2.05, 4.69) is 25.0 Å². The normalized spacial score (nSPS) is 13.6. The van der Waals surface area contributed by atoms with E-state index in [1.807, 2.05) is 59.1 Å². The number of benzene rings is 1. The summed E-state index contributed by atoms with van der Waals surface area (Å²) in [6, 6.07) is 11.7. The van der Waals surface area contributed by atoms with Crippen molar-refractivity contribution >= 4 is 17.5 Å². The number of anilines is 1. The van der Waals surface area contributed by atoms with Crippen LogP contribution in [0.1, 0.15) is 18.7 Å². The highest BCUT2D eigenvalue weighted by Gasteiger charge is 2.39. The van der Waals surface area contributed by atoms with Crippen molar-refractivity contribution in [3.8, 4) is 17.1 Å². The number of pyridine rings is 1. The van der Waals surface area contributed by atoms with Gasteiger partial charge in [0, 0.05) is 23.0 Å². The van der Waals surface area contributed by atoms with Gasteiger partial charge in [-0.3, -0.25) is 4.98 Å². The van der Waals surface area contributed by atoms with Gasteiger partial charge < -0.3 is 4.52 Å². The first-order valence-corrected chi connectivity index (χ1v) is 9.76. The highest BCUT2D eigenvalue weighted by molar-refractivity contribution is 6.30. The van der Waals surface area contributed by atoms with Crippen molar-refractivity contribution in [1.29, 1.82) is 0 Å². The molecule has 1 saturated carbocycles. The summed E-state index contributed by atoms with van der Waals surface area (Å²) in [6.45, 7) is 0.524. The van der Waals surface area contributed by atoms with Crippen molar-refractivity contribution in [3.05, 3.63) is 66.0 Å². The molecule has 1 aliphatic carbocycles. The third-order valence-corrected chi connectivity index (χ3v) is 5.15. The Hall–Kier alpha value is -3.26. The van der Waals surface area contributed by atoms with E-state index in [4.69, 9.17) is 16.1 Å². The smallest absolute Gasteiger partial charge is 0.334 e. The van der Waals surface area contributed by atoms with Gasteiger partial charge in [0.15, 0.2) is 0 Å². The first-order valence-electron chi connectivity index (χ1n) is 9.38. The Morgan fingerprint density at radius 1 is 1.24 bits per heavy atom. The molecule has 1 aromatic carbocycles. The number of halogens is 1. The molecule has 0 N–H and O–H groups in total. The highest BCUT2D eigenvalue weighted by atomic mass is 35.5. The monoisotopic (exact) mass is 408 g/mol. The summed E-state index contributed by atoms with van der Waals surface area (Å²) in [7, 11) is 1.99. The Morgan fingerprint density at radius 3 is 2.83 bits per heavy atom. The quantitative estimate of drug-likeness (QED) is 0.456. The number of rotatable bonds is 6. The number of hydrogen-bond acceptors (Lipinski definition) is 6. The molecule has 8 nitrogen and oxygen atoms in total. The lowest BCUT2D eigenvalue weighted by Crippen LogP contribution is -2.45. The lowest BCUT2D eigenvalue weighted by molar-refractivity contribution is -0.733. The van der Waals surface area contributed by atoms with Crippen molar-refractivity contribution < 1.29 is 9.20 Å². The standard InChI is InChI=1S/C20H19ClN7O/c1-26-20(23-13-28(26)17-7-9-22-10-8-17)27(16-5-6-16)12-18-24-19(29-25-18)14-3-2-4-15(21)11-14/h2-4,7-11,13,16H,5-6,12H2,1H3/q+1. The Balaban J connectivity index is 1.42. The molecule has 0 saturated heterocycles. The van der Waals surface area contributed by atoms with E-state index in [-0.39, 0.29) is 0 Å². The van der Waals surface area contributed by atoms with Gasteiger partial charge in [0.1, 0.15) is 6.54 Å². The fourth-order valence-electron chi connectivity index (χ4n) is 3.32. The van der Waals surface area contributed by atoms with E-state index in [1.165, 1.54) is 0 Å². The summed E-state index contributed by atoms with van der Waals surface area (Å²) in [5.74, 6) is 1.94. The summed E-state index contributed by atoms with van der Waals surface area (Å²) >= 11 is 6.07. The first-order chi connectivity index (χ1) is 14.2. The minimum Gasteiger partial charge on any atom is -0.334 e. The zero-order chi connectivity index (χ0) is 19.8. The summed E-state index contributed by atoms with van der Waals surface area (Å²) < 4.78 is 9.47. The van der Waals surface area contributed by atoms with E-state index < -0.39 is 0 Å². The van der Waals surface area contributed by atoms with Crippen LogP contribution in [0.15, 0.2) is 59.6 Å². The predicted molar refractivity (Wildman–Crippen MR) is 106 cm³/mol. The molecule has 3 heterocycles. The van der Waals surface area contributed by atoms with Gasteiger partial charge in [0.25, 0.3) is 5.89 Å². The molecule has 1 fully saturated rings. The second-order valence-electron chi connectivity index (χ2n) is 7.00. The van der Waals surface area contributed by atoms with Gasteiger partial charge in [-0.1, -0.05) is 27.8 Å². The second-order valence-corrected chi connectivity index (χ2v) is 7.44. The zero-order valence-corrected chi connectivity index (χ0v) is 16.6. The van der Waals surface area contributed by atoms with Crippen LogP contribution >= 0.6 is 11.6 Å². The van der Waals surface area contributed by atoms with Gasteiger partial charge in [0.2, 0.25) is 12.2 Å². The molecule has 0 radical (unpaired) electrons. The van der Waals surface area contributed by atoms with Crippen LogP contribution in [0.25, 0.3) is 17.1 Å². The van der Waals surface area contributed by atoms with E-state index in [9.17, 15) is 0 Å². The number of nitrogens with zero attached hydrogens (tertiary/aromatic N) is 7. The lowest BCUT2D eigenvalue weighted by atomic mass is 10.2. The predicted octanol–water partition coefficient (Wildman–Crippen LogP) is 2.96. The SMILES string of the molecule is C[n+]1c(N(Cc2noc(-c3cccc(Cl)c3)n2)C2CC2)ncn1-c1ccncc1. The van der Waals surface area contributed by atoms with Gasteiger partial charge in [-0.25, -0.2) is 4.90 Å². The molecule has 0 bridgehead atoms. The van der Waals surface area contributed by atoms with Crippen molar-refractivity contribution in [2.24, 2.45) is 7.05 Å². The summed E-state index contributed by atoms with van der Waals surface area (Å²) in [6.07, 6.45) is 7.60. The Kier molecular flexibility index (Phi) is 4.48. The molecule has 0 atom stereocenters. The van der Waals surface area contributed by atoms with Gasteiger partial charge in [-0.05, 0) is 43.2 Å². The topological polar surface area (TPSA) is 76.8 Å². The van der Waals surface area contributed by atoms with E-state index in [0.29, 0.717) is 29.3 Å². The average Bonchev–Trinajstić information content (AvgIpc) is 3.35. The molecule has 0 spiro atoms. The molecule has 3 aromatic heterocycles. The molecule has 0 amide bonds. The van der Waals surface area contributed by atoms with E-state index in [0.717, 1.165) is 30.0 Å². The van der Waals surface area contributed by atoms with Crippen LogP contribution in [-0.2, 0) is 13.6 Å². The van der Waals surface area contributed by atoms with Crippen molar-refractivity contribution in [3.63, 3.8) is 0 Å². The molecule has 1 aliphatic rings. The van der Waals surface area contributed by atoms with Crippen LogP contribution < -0.4 is 9.58 Å². The third-order valence-electron chi connectivity index (χ3n) is 4.92. The summed E-state index contributed by atoms with van der Waals surface area (Å²) in [5, 5.41) is 4.80. The molecular formula is C20H19ClN7O+. The van der Waals surface area contributed by atoms with E-state index >= 15 is 0 Å². The van der Waals surface area contributed by atoms with Crippen LogP contribution in [0.2, 0.25) is 5.02 Å². The molecule has 146 valence electrons. The maximum atomic E-state index is 6.07. The fourth-order valence-corrected chi connectivity index (χ4v) is 3.51. The number of aromatic nitrogens is 6. The summed E-state index contributed by atoms with van der Waals surface area (Å²) in [5.41, 5.74) is 1.81. The first kappa shape index (κ1) is 17.8. The van der Waals surface area contributed by atoms with Crippen LogP contribution in [-0.4, -0.2) is 30.8 Å². The summed E-state index contributed by atoms with van der Waals surface area (Å²) in [4.78, 5) is 15.5. The number of hydrogen-bond donors (Lipinski definition) is 0. The van der Waals surface area contributed by atoms with Gasteiger partial charge >= 0.3 is 5.95 Å². The van der Waals surface area contributed by atoms with Crippen LogP contribution in [0.3, 0.4) is 0 Å². The zero-order valence-electron chi connectivity index (χ0n) is 15.8. The Labute approximate surface area is 172 Å². The minimum absolute atomic E-state index is 0.426. The van der Waals surface area contributed by atoms with Crippen molar-refractivity contribution in [2.45, 2.75) is 25.4 Å². The third kappa shape index (κ3) is 3.58. The molecule has 9 heteroatoms. The van der Waals surface area contributed by atoms with Crippen molar-refractivity contribution in [1.82, 2.24) is 24.8 Å². The van der Waals surface area contributed by atoms with Crippen LogP contribution in [0.5, 0.6) is 0 Å². The maximum Gasteiger partial charge on any atom is 0.414 e. The highest BCUT2D eigenvalue weighted by Crippen LogP contribution is 2.31. The molecular weight excluding hydrogens is 390 g/mol. The van der Waals surface area contributed by atoms with E-state index in [1.54, 1.807) is 12.4 Å². The van der Waals surface area contributed by atoms with Crippen molar-refractivity contribution in [2.75, 3.05) is 4.90 Å².